The molecule has 2 atom stereocenters. The molecule has 0 fully saturated rings. The lowest BCUT2D eigenvalue weighted by Crippen LogP contribution is -2.63. The van der Waals surface area contributed by atoms with E-state index in [-0.39, 0.29) is 26.3 Å². The Labute approximate surface area is 169 Å². The van der Waals surface area contributed by atoms with Crippen LogP contribution in [0, 0.1) is 0 Å². The molecule has 1 aliphatic rings. The van der Waals surface area contributed by atoms with Gasteiger partial charge in [0.25, 0.3) is 0 Å². The van der Waals surface area contributed by atoms with Crippen LogP contribution in [-0.2, 0) is 0 Å². The van der Waals surface area contributed by atoms with Crippen LogP contribution in [0.5, 0.6) is 0 Å². The van der Waals surface area contributed by atoms with Crippen molar-refractivity contribution in [1.82, 2.24) is 4.90 Å². The summed E-state index contributed by atoms with van der Waals surface area (Å²) < 4.78 is 42.3. The number of carbonyl (C=O) groups is 1. The maximum atomic E-state index is 14.1. The van der Waals surface area contributed by atoms with Gasteiger partial charge in [-0.1, -0.05) is 53.5 Å². The lowest BCUT2D eigenvalue weighted by atomic mass is 9.84. The highest BCUT2D eigenvalue weighted by Gasteiger charge is 2.61. The fourth-order valence-electron chi connectivity index (χ4n) is 3.25. The van der Waals surface area contributed by atoms with E-state index in [1.54, 1.807) is 36.4 Å². The van der Waals surface area contributed by atoms with Gasteiger partial charge in [-0.3, -0.25) is 4.99 Å². The summed E-state index contributed by atoms with van der Waals surface area (Å²) in [5.74, 6) is -0.367. The van der Waals surface area contributed by atoms with Gasteiger partial charge in [-0.2, -0.15) is 13.2 Å². The fraction of sp³-hybridized carbons (Fsp3) is 0.263. The molecule has 1 N–H and O–H groups in total. The number of hydrogen-bond acceptors (Lipinski definition) is 2. The van der Waals surface area contributed by atoms with Crippen molar-refractivity contribution < 1.29 is 23.1 Å². The Bertz CT molecular complexity index is 949. The van der Waals surface area contributed by atoms with Crippen LogP contribution in [0.3, 0.4) is 0 Å². The number of hydrogen-bond donors (Lipinski definition) is 1. The summed E-state index contributed by atoms with van der Waals surface area (Å²) in [5, 5.41) is 9.99. The molecule has 0 bridgehead atoms. The van der Waals surface area contributed by atoms with Crippen LogP contribution in [0.4, 0.5) is 18.0 Å². The average molecular weight is 431 g/mol. The third kappa shape index (κ3) is 3.44. The summed E-state index contributed by atoms with van der Waals surface area (Å²) in [5.41, 5.74) is -2.24. The van der Waals surface area contributed by atoms with E-state index in [9.17, 15) is 23.1 Å². The normalized spacial score (nSPS) is 22.7. The van der Waals surface area contributed by atoms with E-state index < -0.39 is 30.3 Å². The minimum Gasteiger partial charge on any atom is -0.465 e. The highest BCUT2D eigenvalue weighted by Crippen LogP contribution is 2.47. The van der Waals surface area contributed by atoms with Gasteiger partial charge in [0, 0.05) is 17.0 Å². The number of amides is 1. The molecule has 0 spiro atoms. The van der Waals surface area contributed by atoms with Crippen LogP contribution in [0.25, 0.3) is 0 Å². The van der Waals surface area contributed by atoms with E-state index in [4.69, 9.17) is 23.2 Å². The molecule has 28 heavy (non-hydrogen) atoms. The van der Waals surface area contributed by atoms with E-state index in [2.05, 4.69) is 4.99 Å². The Morgan fingerprint density at radius 1 is 1.14 bits per heavy atom. The second-order valence-corrected chi connectivity index (χ2v) is 7.38. The molecule has 3 rings (SSSR count). The van der Waals surface area contributed by atoms with Crippen molar-refractivity contribution in [1.29, 1.82) is 0 Å². The predicted octanol–water partition coefficient (Wildman–Crippen LogP) is 6.19. The molecule has 0 radical (unpaired) electrons. The van der Waals surface area contributed by atoms with Gasteiger partial charge >= 0.3 is 12.3 Å². The molecular weight excluding hydrogens is 416 g/mol. The van der Waals surface area contributed by atoms with Crippen LogP contribution < -0.4 is 0 Å². The molecule has 1 amide bonds. The largest absolute Gasteiger partial charge is 0.465 e. The Kier molecular flexibility index (Phi) is 5.34. The van der Waals surface area contributed by atoms with Gasteiger partial charge in [-0.05, 0) is 30.7 Å². The van der Waals surface area contributed by atoms with Gasteiger partial charge in [0.15, 0.2) is 0 Å². The minimum atomic E-state index is -4.85. The van der Waals surface area contributed by atoms with Gasteiger partial charge in [-0.25, -0.2) is 9.69 Å². The van der Waals surface area contributed by atoms with E-state index in [1.165, 1.54) is 12.1 Å². The first-order chi connectivity index (χ1) is 13.1. The van der Waals surface area contributed by atoms with E-state index in [1.807, 2.05) is 0 Å². The standard InChI is InChI=1S/C19H15Cl2F3N2O2/c1-18(19(22,23)24)10-15(11-6-2-4-8-13(11)20)25-16(26(18)17(27)28)12-7-3-5-9-14(12)21/h2-9,15H,10H2,1H3,(H,27,28). The topological polar surface area (TPSA) is 52.9 Å². The number of halogens is 5. The Balaban J connectivity index is 2.29. The van der Waals surface area contributed by atoms with Crippen molar-refractivity contribution in [3.8, 4) is 0 Å². The molecule has 0 saturated carbocycles. The third-order valence-corrected chi connectivity index (χ3v) is 5.43. The first-order valence-electron chi connectivity index (χ1n) is 8.23. The number of nitrogens with zero attached hydrogens (tertiary/aromatic N) is 2. The second kappa shape index (κ2) is 7.29. The highest BCUT2D eigenvalue weighted by molar-refractivity contribution is 6.34. The summed E-state index contributed by atoms with van der Waals surface area (Å²) in [6.45, 7) is 0.844. The molecule has 2 unspecified atom stereocenters. The minimum absolute atomic E-state index is 0.0943. The van der Waals surface area contributed by atoms with Crippen molar-refractivity contribution in [3.05, 3.63) is 69.7 Å². The first kappa shape index (κ1) is 20.5. The van der Waals surface area contributed by atoms with Crippen LogP contribution >= 0.6 is 23.2 Å². The Morgan fingerprint density at radius 3 is 2.25 bits per heavy atom. The van der Waals surface area contributed by atoms with Crippen molar-refractivity contribution in [2.45, 2.75) is 31.1 Å². The van der Waals surface area contributed by atoms with Gasteiger partial charge in [0.2, 0.25) is 0 Å². The summed E-state index contributed by atoms with van der Waals surface area (Å²) in [6.07, 6.45) is -7.23. The maximum Gasteiger partial charge on any atom is 0.413 e. The van der Waals surface area contributed by atoms with Gasteiger partial charge in [0.1, 0.15) is 11.4 Å². The number of carboxylic acid groups (broad SMARTS) is 1. The van der Waals surface area contributed by atoms with Crippen molar-refractivity contribution in [3.63, 3.8) is 0 Å². The van der Waals surface area contributed by atoms with Crippen LogP contribution in [0.1, 0.15) is 30.5 Å². The average Bonchev–Trinajstić information content (AvgIpc) is 2.60. The smallest absolute Gasteiger partial charge is 0.413 e. The molecule has 148 valence electrons. The van der Waals surface area contributed by atoms with Gasteiger partial charge in [0.05, 0.1) is 11.1 Å². The predicted molar refractivity (Wildman–Crippen MR) is 101 cm³/mol. The van der Waals surface area contributed by atoms with Gasteiger partial charge in [-0.15, -0.1) is 0 Å². The Morgan fingerprint density at radius 2 is 1.71 bits per heavy atom. The fourth-order valence-corrected chi connectivity index (χ4v) is 3.74. The molecule has 2 aromatic rings. The zero-order valence-corrected chi connectivity index (χ0v) is 16.1. The van der Waals surface area contributed by atoms with Crippen molar-refractivity contribution >= 4 is 35.1 Å². The molecule has 0 aliphatic carbocycles. The number of rotatable bonds is 2. The quantitative estimate of drug-likeness (QED) is 0.617. The lowest BCUT2D eigenvalue weighted by molar-refractivity contribution is -0.214. The summed E-state index contributed by atoms with van der Waals surface area (Å²) in [6, 6.07) is 11.5. The second-order valence-electron chi connectivity index (χ2n) is 6.56. The van der Waals surface area contributed by atoms with Crippen molar-refractivity contribution in [2.24, 2.45) is 4.99 Å². The lowest BCUT2D eigenvalue weighted by Gasteiger charge is -2.45. The molecule has 0 saturated heterocycles. The zero-order chi connectivity index (χ0) is 20.7. The molecule has 4 nitrogen and oxygen atoms in total. The number of alkyl halides is 3. The maximum absolute atomic E-state index is 14.1. The molecule has 1 heterocycles. The van der Waals surface area contributed by atoms with E-state index in [0.717, 1.165) is 6.92 Å². The van der Waals surface area contributed by atoms with Crippen LogP contribution in [0.2, 0.25) is 10.0 Å². The zero-order valence-electron chi connectivity index (χ0n) is 14.5. The van der Waals surface area contributed by atoms with Crippen molar-refractivity contribution in [2.75, 3.05) is 0 Å². The Hall–Kier alpha value is -2.25. The number of benzene rings is 2. The first-order valence-corrected chi connectivity index (χ1v) is 8.99. The number of amidine groups is 1. The SMILES string of the molecule is CC1(C(F)(F)F)CC(c2ccccc2Cl)N=C(c2ccccc2Cl)N1C(=O)O. The summed E-state index contributed by atoms with van der Waals surface area (Å²) >= 11 is 12.3. The molecule has 9 heteroatoms. The molecule has 0 aromatic heterocycles. The summed E-state index contributed by atoms with van der Waals surface area (Å²) in [7, 11) is 0. The molecule has 1 aliphatic heterocycles. The van der Waals surface area contributed by atoms with Crippen LogP contribution in [-0.4, -0.2) is 33.7 Å². The number of aliphatic imine (C=N–C) groups is 1. The summed E-state index contributed by atoms with van der Waals surface area (Å²) in [4.78, 5) is 16.5. The monoisotopic (exact) mass is 430 g/mol. The van der Waals surface area contributed by atoms with Crippen LogP contribution in [0.15, 0.2) is 53.5 Å². The van der Waals surface area contributed by atoms with Gasteiger partial charge < -0.3 is 5.11 Å². The highest BCUT2D eigenvalue weighted by atomic mass is 35.5. The molecule has 2 aromatic carbocycles. The van der Waals surface area contributed by atoms with E-state index >= 15 is 0 Å². The van der Waals surface area contributed by atoms with E-state index in [0.29, 0.717) is 5.56 Å². The molecular formula is C19H15Cl2F3N2O2. The third-order valence-electron chi connectivity index (χ3n) is 4.76.